The van der Waals surface area contributed by atoms with Crippen LogP contribution in [0, 0.1) is 5.92 Å². The first kappa shape index (κ1) is 27.2. The molecule has 0 unspecified atom stereocenters. The zero-order valence-corrected chi connectivity index (χ0v) is 23.2. The molecule has 0 amide bonds. The first-order valence-corrected chi connectivity index (χ1v) is 13.9. The van der Waals surface area contributed by atoms with Crippen LogP contribution in [-0.4, -0.2) is 63.0 Å². The number of pyridine rings is 1. The maximum Gasteiger partial charge on any atom is 0.387 e. The molecule has 4 aromatic rings. The highest BCUT2D eigenvalue weighted by Crippen LogP contribution is 2.40. The molecule has 0 radical (unpaired) electrons. The predicted molar refractivity (Wildman–Crippen MR) is 148 cm³/mol. The van der Waals surface area contributed by atoms with Crippen LogP contribution in [0.2, 0.25) is 0 Å². The van der Waals surface area contributed by atoms with Gasteiger partial charge in [-0.2, -0.15) is 8.78 Å². The number of aryl methyl sites for hydroxylation is 1. The first-order valence-electron chi connectivity index (χ1n) is 13.9. The summed E-state index contributed by atoms with van der Waals surface area (Å²) in [5.74, 6) is 0.740. The van der Waals surface area contributed by atoms with Gasteiger partial charge in [0, 0.05) is 63.0 Å². The third-order valence-corrected chi connectivity index (χ3v) is 7.80. The van der Waals surface area contributed by atoms with E-state index in [1.807, 2.05) is 36.1 Å². The lowest BCUT2D eigenvalue weighted by Gasteiger charge is -2.26. The number of hydrogen-bond donors (Lipinski definition) is 0. The number of aromatic nitrogens is 4. The van der Waals surface area contributed by atoms with Crippen LogP contribution in [0.4, 0.5) is 8.78 Å². The number of benzene rings is 1. The van der Waals surface area contributed by atoms with E-state index in [4.69, 9.17) is 14.2 Å². The van der Waals surface area contributed by atoms with Crippen molar-refractivity contribution in [2.45, 2.75) is 45.3 Å². The van der Waals surface area contributed by atoms with Gasteiger partial charge < -0.3 is 18.8 Å². The number of alkyl halides is 2. The highest BCUT2D eigenvalue weighted by molar-refractivity contribution is 6.02. The lowest BCUT2D eigenvalue weighted by Crippen LogP contribution is -2.32. The fourth-order valence-corrected chi connectivity index (χ4v) is 5.49. The van der Waals surface area contributed by atoms with Crippen LogP contribution in [0.1, 0.15) is 47.4 Å². The minimum atomic E-state index is -3.08. The van der Waals surface area contributed by atoms with Gasteiger partial charge in [0.05, 0.1) is 37.6 Å². The number of rotatable bonds is 12. The summed E-state index contributed by atoms with van der Waals surface area (Å²) in [6.45, 7) is 0.294. The Morgan fingerprint density at radius 1 is 1.17 bits per heavy atom. The minimum absolute atomic E-state index is 0.0537. The number of imidazole rings is 2. The number of hydrogen-bond acceptors (Lipinski definition) is 7. The molecule has 1 aliphatic carbocycles. The van der Waals surface area contributed by atoms with Crippen LogP contribution >= 0.6 is 0 Å². The SMILES string of the molecule is COc1cc(-c2cnc3cc(OCCCN4CCc5c(ncn5C)C4)ccn23)cc(OC(F)F)c1C(=O)CC1CC1. The van der Waals surface area contributed by atoms with Crippen molar-refractivity contribution in [1.82, 2.24) is 23.8 Å². The van der Waals surface area contributed by atoms with Crippen LogP contribution in [0.25, 0.3) is 16.9 Å². The molecule has 0 saturated heterocycles. The number of carbonyl (C=O) groups excluding carboxylic acids is 1. The molecule has 1 saturated carbocycles. The topological polar surface area (TPSA) is 83.1 Å². The van der Waals surface area contributed by atoms with E-state index in [1.54, 1.807) is 12.3 Å². The van der Waals surface area contributed by atoms with E-state index in [9.17, 15) is 13.6 Å². The number of ketones is 1. The Morgan fingerprint density at radius 3 is 2.78 bits per heavy atom. The molecule has 6 rings (SSSR count). The van der Waals surface area contributed by atoms with Gasteiger partial charge in [0.1, 0.15) is 28.5 Å². The molecule has 3 aromatic heterocycles. The Balaban J connectivity index is 1.15. The van der Waals surface area contributed by atoms with Gasteiger partial charge in [-0.3, -0.25) is 14.1 Å². The molecule has 0 bridgehead atoms. The summed E-state index contributed by atoms with van der Waals surface area (Å²) < 4.78 is 46.9. The second-order valence-corrected chi connectivity index (χ2v) is 10.7. The molecule has 0 spiro atoms. The van der Waals surface area contributed by atoms with Crippen LogP contribution < -0.4 is 14.2 Å². The van der Waals surface area contributed by atoms with Gasteiger partial charge in [0.2, 0.25) is 0 Å². The summed E-state index contributed by atoms with van der Waals surface area (Å²) in [6.07, 6.45) is 9.47. The summed E-state index contributed by atoms with van der Waals surface area (Å²) in [5.41, 5.74) is 4.35. The van der Waals surface area contributed by atoms with E-state index in [2.05, 4.69) is 19.4 Å². The lowest BCUT2D eigenvalue weighted by atomic mass is 10.00. The molecule has 216 valence electrons. The average Bonchev–Trinajstić information content (AvgIpc) is 3.55. The lowest BCUT2D eigenvalue weighted by molar-refractivity contribution is -0.0502. The molecule has 9 nitrogen and oxygen atoms in total. The summed E-state index contributed by atoms with van der Waals surface area (Å²) in [6, 6.07) is 6.81. The minimum Gasteiger partial charge on any atom is -0.496 e. The smallest absolute Gasteiger partial charge is 0.387 e. The zero-order chi connectivity index (χ0) is 28.5. The Hall–Kier alpha value is -3.99. The normalized spacial score (nSPS) is 15.3. The van der Waals surface area contributed by atoms with Gasteiger partial charge in [0.15, 0.2) is 5.78 Å². The van der Waals surface area contributed by atoms with Crippen molar-refractivity contribution < 1.29 is 27.8 Å². The van der Waals surface area contributed by atoms with Gasteiger partial charge in [-0.1, -0.05) is 0 Å². The third-order valence-electron chi connectivity index (χ3n) is 7.80. The van der Waals surface area contributed by atoms with Crippen molar-refractivity contribution in [3.63, 3.8) is 0 Å². The molecule has 4 heterocycles. The standard InChI is InChI=1S/C30H33F2N5O4/c1-35-18-34-22-17-36(9-7-23(22)35)8-3-11-40-21-6-10-37-24(16-33-28(37)15-21)20-13-26(39-2)29(25(38)12-19-4-5-19)27(14-20)41-30(31)32/h6,10,13-16,18-19,30H,3-5,7-9,11-12,17H2,1-2H3. The monoisotopic (exact) mass is 565 g/mol. The molecule has 0 N–H and O–H groups in total. The van der Waals surface area contributed by atoms with Crippen molar-refractivity contribution in [2.75, 3.05) is 26.8 Å². The Labute approximate surface area is 236 Å². The zero-order valence-electron chi connectivity index (χ0n) is 23.2. The van der Waals surface area contributed by atoms with Crippen molar-refractivity contribution in [3.05, 3.63) is 59.9 Å². The quantitative estimate of drug-likeness (QED) is 0.173. The highest BCUT2D eigenvalue weighted by Gasteiger charge is 2.30. The number of halogens is 2. The third kappa shape index (κ3) is 5.90. The van der Waals surface area contributed by atoms with Crippen LogP contribution in [0.15, 0.2) is 43.0 Å². The number of carbonyl (C=O) groups is 1. The van der Waals surface area contributed by atoms with E-state index in [0.29, 0.717) is 35.2 Å². The fourth-order valence-electron chi connectivity index (χ4n) is 5.49. The van der Waals surface area contributed by atoms with E-state index < -0.39 is 6.61 Å². The summed E-state index contributed by atoms with van der Waals surface area (Å²) >= 11 is 0. The molecular formula is C30H33F2N5O4. The molecule has 41 heavy (non-hydrogen) atoms. The van der Waals surface area contributed by atoms with Crippen molar-refractivity contribution in [1.29, 1.82) is 0 Å². The maximum absolute atomic E-state index is 13.3. The molecule has 0 atom stereocenters. The average molecular weight is 566 g/mol. The number of methoxy groups -OCH3 is 1. The maximum atomic E-state index is 13.3. The largest absolute Gasteiger partial charge is 0.496 e. The second kappa shape index (κ2) is 11.5. The van der Waals surface area contributed by atoms with Crippen LogP contribution in [0.3, 0.4) is 0 Å². The number of ether oxygens (including phenoxy) is 3. The van der Waals surface area contributed by atoms with Gasteiger partial charge >= 0.3 is 6.61 Å². The summed E-state index contributed by atoms with van der Waals surface area (Å²) in [7, 11) is 3.46. The predicted octanol–water partition coefficient (Wildman–Crippen LogP) is 5.15. The molecule has 11 heteroatoms. The van der Waals surface area contributed by atoms with Crippen LogP contribution in [-0.2, 0) is 20.0 Å². The second-order valence-electron chi connectivity index (χ2n) is 10.7. The van der Waals surface area contributed by atoms with E-state index in [-0.39, 0.29) is 29.3 Å². The Morgan fingerprint density at radius 2 is 2.00 bits per heavy atom. The molecule has 2 aliphatic rings. The van der Waals surface area contributed by atoms with Crippen LogP contribution in [0.5, 0.6) is 17.2 Å². The molecule has 1 fully saturated rings. The summed E-state index contributed by atoms with van der Waals surface area (Å²) in [5, 5.41) is 0. The molecule has 1 aromatic carbocycles. The molecular weight excluding hydrogens is 532 g/mol. The molecule has 1 aliphatic heterocycles. The first-order chi connectivity index (χ1) is 19.9. The van der Waals surface area contributed by atoms with E-state index >= 15 is 0 Å². The number of nitrogens with zero attached hydrogens (tertiary/aromatic N) is 5. The highest BCUT2D eigenvalue weighted by atomic mass is 19.3. The number of fused-ring (bicyclic) bond motifs is 2. The van der Waals surface area contributed by atoms with E-state index in [0.717, 1.165) is 51.0 Å². The van der Waals surface area contributed by atoms with Gasteiger partial charge in [-0.15, -0.1) is 0 Å². The van der Waals surface area contributed by atoms with Gasteiger partial charge in [-0.25, -0.2) is 9.97 Å². The Kier molecular flexibility index (Phi) is 7.61. The van der Waals surface area contributed by atoms with Gasteiger partial charge in [0.25, 0.3) is 0 Å². The number of Topliss-reactive ketones (excluding diaryl/α,β-unsaturated/α-hetero) is 1. The Bertz CT molecular complexity index is 1560. The van der Waals surface area contributed by atoms with Crippen molar-refractivity contribution in [2.24, 2.45) is 13.0 Å². The summed E-state index contributed by atoms with van der Waals surface area (Å²) in [4.78, 5) is 24.3. The van der Waals surface area contributed by atoms with Crippen molar-refractivity contribution >= 4 is 11.4 Å². The fraction of sp³-hybridized carbons (Fsp3) is 0.433. The van der Waals surface area contributed by atoms with Gasteiger partial charge in [-0.05, 0) is 43.4 Å². The van der Waals surface area contributed by atoms with Crippen molar-refractivity contribution in [3.8, 4) is 28.5 Å². The van der Waals surface area contributed by atoms with E-state index in [1.165, 1.54) is 18.9 Å².